The first kappa shape index (κ1) is 18.6. The second-order valence-electron chi connectivity index (χ2n) is 4.85. The van der Waals surface area contributed by atoms with E-state index in [2.05, 4.69) is 33.2 Å². The van der Waals surface area contributed by atoms with Crippen LogP contribution in [-0.2, 0) is 4.79 Å². The van der Waals surface area contributed by atoms with E-state index in [1.165, 1.54) is 12.3 Å². The summed E-state index contributed by atoms with van der Waals surface area (Å²) in [5, 5.41) is 15.5. The van der Waals surface area contributed by atoms with Crippen LogP contribution in [0.3, 0.4) is 0 Å². The summed E-state index contributed by atoms with van der Waals surface area (Å²) in [6, 6.07) is 12.4. The summed E-state index contributed by atoms with van der Waals surface area (Å²) < 4.78 is 1.11. The number of carbonyl (C=O) groups excluding carboxylic acids is 1. The van der Waals surface area contributed by atoms with Crippen LogP contribution in [-0.4, -0.2) is 5.91 Å². The molecule has 122 valence electrons. The van der Waals surface area contributed by atoms with E-state index in [1.807, 2.05) is 31.2 Å². The molecule has 0 aliphatic carbocycles. The minimum atomic E-state index is -0.572. The van der Waals surface area contributed by atoms with Crippen LogP contribution < -0.4 is 10.6 Å². The number of nitrogens with zero attached hydrogens (tertiary/aromatic N) is 1. The third-order valence-electron chi connectivity index (χ3n) is 3.10. The molecule has 0 bridgehead atoms. The molecule has 0 saturated carbocycles. The molecular formula is C17H12Cl2IN3O. The molecule has 0 saturated heterocycles. The van der Waals surface area contributed by atoms with Gasteiger partial charge in [0.15, 0.2) is 0 Å². The van der Waals surface area contributed by atoms with Crippen molar-refractivity contribution in [3.05, 3.63) is 67.4 Å². The van der Waals surface area contributed by atoms with Gasteiger partial charge in [-0.05, 0) is 71.5 Å². The van der Waals surface area contributed by atoms with Gasteiger partial charge in [0, 0.05) is 20.5 Å². The Balaban J connectivity index is 2.16. The largest absolute Gasteiger partial charge is 0.360 e. The average Bonchev–Trinajstić information content (AvgIpc) is 2.53. The molecular weight excluding hydrogens is 460 g/mol. The summed E-state index contributed by atoms with van der Waals surface area (Å²) in [6.07, 6.45) is 1.36. The summed E-state index contributed by atoms with van der Waals surface area (Å²) in [4.78, 5) is 12.2. The number of carbonyl (C=O) groups is 1. The lowest BCUT2D eigenvalue weighted by molar-refractivity contribution is -0.112. The topological polar surface area (TPSA) is 64.9 Å². The molecule has 0 heterocycles. The van der Waals surface area contributed by atoms with Crippen LogP contribution in [0.1, 0.15) is 5.56 Å². The molecule has 0 aliphatic heterocycles. The molecule has 0 spiro atoms. The normalized spacial score (nSPS) is 10.9. The van der Waals surface area contributed by atoms with E-state index in [0.717, 1.165) is 14.8 Å². The van der Waals surface area contributed by atoms with Gasteiger partial charge < -0.3 is 10.6 Å². The first-order chi connectivity index (χ1) is 11.4. The zero-order valence-corrected chi connectivity index (χ0v) is 16.2. The van der Waals surface area contributed by atoms with E-state index < -0.39 is 5.91 Å². The number of benzene rings is 2. The van der Waals surface area contributed by atoms with Gasteiger partial charge in [0.05, 0.1) is 10.7 Å². The van der Waals surface area contributed by atoms with Gasteiger partial charge >= 0.3 is 0 Å². The quantitative estimate of drug-likeness (QED) is 0.358. The van der Waals surface area contributed by atoms with Gasteiger partial charge in [-0.25, -0.2) is 0 Å². The third-order valence-corrected chi connectivity index (χ3v) is 4.34. The maximum absolute atomic E-state index is 12.2. The number of hydrogen-bond donors (Lipinski definition) is 2. The fourth-order valence-corrected chi connectivity index (χ4v) is 2.85. The summed E-state index contributed by atoms with van der Waals surface area (Å²) in [7, 11) is 0. The van der Waals surface area contributed by atoms with E-state index >= 15 is 0 Å². The van der Waals surface area contributed by atoms with Gasteiger partial charge in [-0.3, -0.25) is 4.79 Å². The van der Waals surface area contributed by atoms with Crippen molar-refractivity contribution in [3.8, 4) is 6.07 Å². The van der Waals surface area contributed by atoms with Crippen molar-refractivity contribution >= 4 is 63.1 Å². The van der Waals surface area contributed by atoms with Crippen molar-refractivity contribution in [2.75, 3.05) is 10.6 Å². The zero-order valence-electron chi connectivity index (χ0n) is 12.5. The molecule has 2 N–H and O–H groups in total. The molecule has 0 unspecified atom stereocenters. The van der Waals surface area contributed by atoms with E-state index in [-0.39, 0.29) is 5.57 Å². The number of hydrogen-bond acceptors (Lipinski definition) is 3. The molecule has 2 rings (SSSR count). The monoisotopic (exact) mass is 471 g/mol. The Morgan fingerprint density at radius 3 is 2.62 bits per heavy atom. The standard InChI is InChI=1S/C17H12Cl2IN3O/c1-10-6-13(20)3-5-15(10)22-9-11(8-21)17(24)23-16-7-12(18)2-4-14(16)19/h2-7,9,22H,1H3,(H,23,24)/b11-9-. The van der Waals surface area contributed by atoms with Gasteiger partial charge in [0.2, 0.25) is 0 Å². The highest BCUT2D eigenvalue weighted by Crippen LogP contribution is 2.26. The summed E-state index contributed by atoms with van der Waals surface area (Å²) in [5.41, 5.74) is 2.09. The van der Waals surface area contributed by atoms with Crippen LogP contribution in [0.15, 0.2) is 48.2 Å². The summed E-state index contributed by atoms with van der Waals surface area (Å²) in [5.74, 6) is -0.572. The molecule has 1 amide bonds. The Morgan fingerprint density at radius 2 is 1.96 bits per heavy atom. The highest BCUT2D eigenvalue weighted by molar-refractivity contribution is 14.1. The van der Waals surface area contributed by atoms with Crippen LogP contribution in [0.25, 0.3) is 0 Å². The molecule has 0 fully saturated rings. The van der Waals surface area contributed by atoms with Gasteiger partial charge in [0.1, 0.15) is 11.6 Å². The molecule has 4 nitrogen and oxygen atoms in total. The third kappa shape index (κ3) is 4.87. The van der Waals surface area contributed by atoms with E-state index in [1.54, 1.807) is 12.1 Å². The molecule has 0 atom stereocenters. The van der Waals surface area contributed by atoms with E-state index in [4.69, 9.17) is 23.2 Å². The van der Waals surface area contributed by atoms with Gasteiger partial charge in [-0.15, -0.1) is 0 Å². The minimum absolute atomic E-state index is 0.0796. The Morgan fingerprint density at radius 1 is 1.21 bits per heavy atom. The number of nitrogens with one attached hydrogen (secondary N) is 2. The summed E-state index contributed by atoms with van der Waals surface area (Å²) in [6.45, 7) is 1.94. The van der Waals surface area contributed by atoms with Gasteiger partial charge in [-0.2, -0.15) is 5.26 Å². The van der Waals surface area contributed by atoms with Crippen molar-refractivity contribution < 1.29 is 4.79 Å². The first-order valence-corrected chi connectivity index (χ1v) is 8.63. The van der Waals surface area contributed by atoms with Crippen LogP contribution in [0.5, 0.6) is 0 Å². The Bertz CT molecular complexity index is 859. The average molecular weight is 472 g/mol. The molecule has 2 aromatic carbocycles. The molecule has 0 aliphatic rings. The van der Waals surface area contributed by atoms with E-state index in [9.17, 15) is 10.1 Å². The second kappa shape index (κ2) is 8.38. The lowest BCUT2D eigenvalue weighted by Crippen LogP contribution is -2.15. The number of anilines is 2. The summed E-state index contributed by atoms with van der Waals surface area (Å²) >= 11 is 14.1. The van der Waals surface area contributed by atoms with Crippen molar-refractivity contribution in [2.45, 2.75) is 6.92 Å². The van der Waals surface area contributed by atoms with E-state index in [0.29, 0.717) is 15.7 Å². The molecule has 0 aromatic heterocycles. The molecule has 2 aromatic rings. The fourth-order valence-electron chi connectivity index (χ4n) is 1.87. The molecule has 0 radical (unpaired) electrons. The smallest absolute Gasteiger partial charge is 0.267 e. The first-order valence-electron chi connectivity index (χ1n) is 6.80. The lowest BCUT2D eigenvalue weighted by Gasteiger charge is -2.09. The zero-order chi connectivity index (χ0) is 17.7. The SMILES string of the molecule is Cc1cc(I)ccc1N/C=C(/C#N)C(=O)Nc1cc(Cl)ccc1Cl. The predicted molar refractivity (Wildman–Crippen MR) is 106 cm³/mol. The van der Waals surface area contributed by atoms with Crippen molar-refractivity contribution in [1.29, 1.82) is 5.26 Å². The maximum Gasteiger partial charge on any atom is 0.267 e. The highest BCUT2D eigenvalue weighted by atomic mass is 127. The van der Waals surface area contributed by atoms with Crippen molar-refractivity contribution in [2.24, 2.45) is 0 Å². The minimum Gasteiger partial charge on any atom is -0.360 e. The molecule has 7 heteroatoms. The molecule has 24 heavy (non-hydrogen) atoms. The highest BCUT2D eigenvalue weighted by Gasteiger charge is 2.12. The van der Waals surface area contributed by atoms with Crippen LogP contribution in [0.2, 0.25) is 10.0 Å². The number of rotatable bonds is 4. The predicted octanol–water partition coefficient (Wildman–Crippen LogP) is 5.36. The Labute approximate surface area is 163 Å². The number of halogens is 3. The lowest BCUT2D eigenvalue weighted by atomic mass is 10.2. The Kier molecular flexibility index (Phi) is 6.49. The van der Waals surface area contributed by atoms with Crippen molar-refractivity contribution in [1.82, 2.24) is 0 Å². The number of amides is 1. The number of aryl methyl sites for hydroxylation is 1. The van der Waals surface area contributed by atoms with Gasteiger partial charge in [0.25, 0.3) is 5.91 Å². The number of nitriles is 1. The van der Waals surface area contributed by atoms with Gasteiger partial charge in [-0.1, -0.05) is 23.2 Å². The fraction of sp³-hybridized carbons (Fsp3) is 0.0588. The second-order valence-corrected chi connectivity index (χ2v) is 6.94. The van der Waals surface area contributed by atoms with Crippen LogP contribution in [0.4, 0.5) is 11.4 Å². The van der Waals surface area contributed by atoms with Crippen LogP contribution >= 0.6 is 45.8 Å². The maximum atomic E-state index is 12.2. The van der Waals surface area contributed by atoms with Crippen LogP contribution in [0, 0.1) is 21.8 Å². The Hall–Kier alpha value is -1.75. The van der Waals surface area contributed by atoms with Crippen molar-refractivity contribution in [3.63, 3.8) is 0 Å².